The Morgan fingerprint density at radius 2 is 2.19 bits per heavy atom. The number of hydrogen-bond acceptors (Lipinski definition) is 2. The van der Waals surface area contributed by atoms with Gasteiger partial charge in [0.05, 0.1) is 0 Å². The predicted octanol–water partition coefficient (Wildman–Crippen LogP) is 2.04. The number of hydrogen-bond donors (Lipinski definition) is 2. The molecule has 1 amide bonds. The zero-order valence-corrected chi connectivity index (χ0v) is 9.93. The maximum Gasteiger partial charge on any atom is 0.283 e. The highest BCUT2D eigenvalue weighted by Crippen LogP contribution is 2.12. The molecule has 0 bridgehead atoms. The van der Waals surface area contributed by atoms with Crippen molar-refractivity contribution >= 4 is 28.8 Å². The highest BCUT2D eigenvalue weighted by molar-refractivity contribution is 7.82. The van der Waals surface area contributed by atoms with Crippen LogP contribution in [-0.4, -0.2) is 17.4 Å². The average Bonchev–Trinajstić information content (AvgIpc) is 2.28. The molecular weight excluding hydrogens is 220 g/mol. The van der Waals surface area contributed by atoms with Crippen LogP contribution in [0.5, 0.6) is 0 Å². The van der Waals surface area contributed by atoms with Crippen molar-refractivity contribution in [3.8, 4) is 0 Å². The molecule has 2 N–H and O–H groups in total. The summed E-state index contributed by atoms with van der Waals surface area (Å²) < 4.78 is 0. The molecule has 1 rings (SSSR count). The van der Waals surface area contributed by atoms with Gasteiger partial charge in [-0.1, -0.05) is 36.5 Å². The summed E-state index contributed by atoms with van der Waals surface area (Å²) in [5, 5.41) is 5.52. The number of carbonyl (C=O) groups excluding carboxylic acids is 1. The zero-order valence-electron chi connectivity index (χ0n) is 9.12. The van der Waals surface area contributed by atoms with Crippen molar-refractivity contribution in [1.82, 2.24) is 5.32 Å². The number of aryl methyl sites for hydroxylation is 1. The molecule has 0 radical (unpaired) electrons. The van der Waals surface area contributed by atoms with E-state index >= 15 is 0 Å². The molecule has 3 nitrogen and oxygen atoms in total. The first-order valence-electron chi connectivity index (χ1n) is 4.91. The highest BCUT2D eigenvalue weighted by Gasteiger charge is 2.08. The van der Waals surface area contributed by atoms with E-state index in [0.29, 0.717) is 6.54 Å². The van der Waals surface area contributed by atoms with Crippen molar-refractivity contribution in [3.05, 3.63) is 42.5 Å². The number of thiocarbonyl (C=S) groups is 1. The second-order valence-corrected chi connectivity index (χ2v) is 3.68. The molecule has 0 unspecified atom stereocenters. The van der Waals surface area contributed by atoms with Gasteiger partial charge in [-0.05, 0) is 18.6 Å². The average molecular weight is 234 g/mol. The molecule has 0 aliphatic carbocycles. The quantitative estimate of drug-likeness (QED) is 0.621. The van der Waals surface area contributed by atoms with Crippen molar-refractivity contribution in [2.75, 3.05) is 11.9 Å². The number of carbonyl (C=O) groups is 1. The first-order chi connectivity index (χ1) is 7.65. The molecule has 0 heterocycles. The van der Waals surface area contributed by atoms with Crippen LogP contribution in [0.15, 0.2) is 36.9 Å². The van der Waals surface area contributed by atoms with E-state index in [1.165, 1.54) is 0 Å². The number of rotatable bonds is 3. The van der Waals surface area contributed by atoms with Crippen molar-refractivity contribution in [2.45, 2.75) is 6.92 Å². The topological polar surface area (TPSA) is 41.1 Å². The number of amides is 1. The lowest BCUT2D eigenvalue weighted by molar-refractivity contribution is -0.110. The molecule has 16 heavy (non-hydrogen) atoms. The van der Waals surface area contributed by atoms with Gasteiger partial charge in [0.25, 0.3) is 5.91 Å². The smallest absolute Gasteiger partial charge is 0.283 e. The Morgan fingerprint density at radius 1 is 1.50 bits per heavy atom. The van der Waals surface area contributed by atoms with Gasteiger partial charge in [-0.3, -0.25) is 4.79 Å². The van der Waals surface area contributed by atoms with E-state index in [2.05, 4.69) is 17.2 Å². The second-order valence-electron chi connectivity index (χ2n) is 3.27. The van der Waals surface area contributed by atoms with Crippen molar-refractivity contribution < 1.29 is 4.79 Å². The van der Waals surface area contributed by atoms with Crippen molar-refractivity contribution in [3.63, 3.8) is 0 Å². The second kappa shape index (κ2) is 6.02. The first kappa shape index (κ1) is 12.4. The van der Waals surface area contributed by atoms with Gasteiger partial charge in [-0.2, -0.15) is 0 Å². The van der Waals surface area contributed by atoms with E-state index in [1.807, 2.05) is 31.2 Å². The minimum absolute atomic E-state index is 0.170. The van der Waals surface area contributed by atoms with E-state index in [0.717, 1.165) is 11.3 Å². The van der Waals surface area contributed by atoms with Crippen molar-refractivity contribution in [1.29, 1.82) is 0 Å². The van der Waals surface area contributed by atoms with E-state index in [4.69, 9.17) is 12.2 Å². The van der Waals surface area contributed by atoms with Crippen molar-refractivity contribution in [2.24, 2.45) is 0 Å². The summed E-state index contributed by atoms with van der Waals surface area (Å²) >= 11 is 4.91. The van der Waals surface area contributed by atoms with Gasteiger partial charge < -0.3 is 10.6 Å². The van der Waals surface area contributed by atoms with E-state index in [-0.39, 0.29) is 10.9 Å². The minimum atomic E-state index is -0.300. The molecule has 0 atom stereocenters. The molecule has 0 aliphatic heterocycles. The summed E-state index contributed by atoms with van der Waals surface area (Å²) in [6.45, 7) is 5.95. The minimum Gasteiger partial charge on any atom is -0.368 e. The number of nitrogens with one attached hydrogen (secondary N) is 2. The Labute approximate surface area is 101 Å². The Hall–Kier alpha value is -1.68. The molecule has 0 aromatic heterocycles. The van der Waals surface area contributed by atoms with Crippen LogP contribution in [0.25, 0.3) is 0 Å². The van der Waals surface area contributed by atoms with Gasteiger partial charge in [-0.25, -0.2) is 0 Å². The number of anilines is 1. The molecule has 0 spiro atoms. The molecule has 1 aromatic rings. The Kier molecular flexibility index (Phi) is 4.66. The Balaban J connectivity index is 2.61. The summed E-state index contributed by atoms with van der Waals surface area (Å²) in [6.07, 6.45) is 1.65. The van der Waals surface area contributed by atoms with Crippen LogP contribution in [0, 0.1) is 6.92 Å². The van der Waals surface area contributed by atoms with Crippen LogP contribution in [0.2, 0.25) is 0 Å². The molecular formula is C12H14N2OS. The van der Waals surface area contributed by atoms with Crippen LogP contribution in [-0.2, 0) is 4.79 Å². The van der Waals surface area contributed by atoms with Gasteiger partial charge in [0.15, 0.2) is 4.99 Å². The molecule has 0 saturated heterocycles. The lowest BCUT2D eigenvalue weighted by Crippen LogP contribution is -2.33. The molecule has 0 fully saturated rings. The normalized spacial score (nSPS) is 9.31. The molecule has 84 valence electrons. The van der Waals surface area contributed by atoms with Crippen LogP contribution < -0.4 is 10.6 Å². The summed E-state index contributed by atoms with van der Waals surface area (Å²) in [4.78, 5) is 11.8. The third-order valence-electron chi connectivity index (χ3n) is 2.01. The molecule has 4 heteroatoms. The zero-order chi connectivity index (χ0) is 12.0. The maximum atomic E-state index is 11.6. The molecule has 0 saturated carbocycles. The third-order valence-corrected chi connectivity index (χ3v) is 2.34. The lowest BCUT2D eigenvalue weighted by atomic mass is 10.2. The SMILES string of the molecule is C=CCNC(=S)C(=O)Nc1ccccc1C. The number of benzene rings is 1. The van der Waals surface area contributed by atoms with Gasteiger partial charge in [-0.15, -0.1) is 6.58 Å². The van der Waals surface area contributed by atoms with Crippen LogP contribution in [0.3, 0.4) is 0 Å². The van der Waals surface area contributed by atoms with Crippen LogP contribution >= 0.6 is 12.2 Å². The fourth-order valence-electron chi connectivity index (χ4n) is 1.14. The van der Waals surface area contributed by atoms with Crippen LogP contribution in [0.1, 0.15) is 5.56 Å². The fourth-order valence-corrected chi connectivity index (χ4v) is 1.27. The largest absolute Gasteiger partial charge is 0.368 e. The maximum absolute atomic E-state index is 11.6. The van der Waals surface area contributed by atoms with Gasteiger partial charge >= 0.3 is 0 Å². The summed E-state index contributed by atoms with van der Waals surface area (Å²) in [6, 6.07) is 7.54. The van der Waals surface area contributed by atoms with Crippen LogP contribution in [0.4, 0.5) is 5.69 Å². The first-order valence-corrected chi connectivity index (χ1v) is 5.31. The molecule has 1 aromatic carbocycles. The van der Waals surface area contributed by atoms with Gasteiger partial charge in [0, 0.05) is 12.2 Å². The molecule has 0 aliphatic rings. The lowest BCUT2D eigenvalue weighted by Gasteiger charge is -2.09. The van der Waals surface area contributed by atoms with E-state index < -0.39 is 0 Å². The van der Waals surface area contributed by atoms with Gasteiger partial charge in [0.1, 0.15) is 0 Å². The Morgan fingerprint density at radius 3 is 2.81 bits per heavy atom. The monoisotopic (exact) mass is 234 g/mol. The highest BCUT2D eigenvalue weighted by atomic mass is 32.1. The van der Waals surface area contributed by atoms with E-state index in [9.17, 15) is 4.79 Å². The Bertz CT molecular complexity index is 415. The summed E-state index contributed by atoms with van der Waals surface area (Å²) in [5.74, 6) is -0.300. The van der Waals surface area contributed by atoms with E-state index in [1.54, 1.807) is 6.08 Å². The predicted molar refractivity (Wildman–Crippen MR) is 70.6 cm³/mol. The number of para-hydroxylation sites is 1. The van der Waals surface area contributed by atoms with Gasteiger partial charge in [0.2, 0.25) is 0 Å². The third kappa shape index (κ3) is 3.47. The summed E-state index contributed by atoms with van der Waals surface area (Å²) in [5.41, 5.74) is 1.78. The fraction of sp³-hybridized carbons (Fsp3) is 0.167. The standard InChI is InChI=1S/C12H14N2OS/c1-3-8-13-12(16)11(15)14-10-7-5-4-6-9(10)2/h3-7H,1,8H2,2H3,(H,13,16)(H,14,15). The summed E-state index contributed by atoms with van der Waals surface area (Å²) in [7, 11) is 0.